The molecule has 0 radical (unpaired) electrons. The molecule has 0 heterocycles. The van der Waals surface area contributed by atoms with Gasteiger partial charge in [-0.25, -0.2) is 0 Å². The number of benzene rings is 1. The number of ether oxygens (including phenoxy) is 2. The largest absolute Gasteiger partial charge is 0.491 e. The zero-order valence-electron chi connectivity index (χ0n) is 11.4. The maximum Gasteiger partial charge on any atom is 0.123 e. The Balaban J connectivity index is 2.02. The molecule has 104 valence electrons. The minimum atomic E-state index is 0.558. The summed E-state index contributed by atoms with van der Waals surface area (Å²) in [6, 6.07) is 5.90. The normalized spacial score (nSPS) is 16.4. The monoisotopic (exact) mass is 263 g/mol. The SMILES string of the molecule is CCCOCCOc1cccc2c1CCC/C2=N\O. The van der Waals surface area contributed by atoms with Crippen molar-refractivity contribution in [2.45, 2.75) is 32.6 Å². The predicted octanol–water partition coefficient (Wildman–Crippen LogP) is 3.01. The third kappa shape index (κ3) is 3.47. The second-order valence-corrected chi connectivity index (χ2v) is 4.64. The highest BCUT2D eigenvalue weighted by Crippen LogP contribution is 2.29. The van der Waals surface area contributed by atoms with Crippen LogP contribution in [0, 0.1) is 0 Å². The van der Waals surface area contributed by atoms with E-state index in [1.54, 1.807) is 0 Å². The van der Waals surface area contributed by atoms with Gasteiger partial charge in [0.25, 0.3) is 0 Å². The lowest BCUT2D eigenvalue weighted by atomic mass is 9.89. The lowest BCUT2D eigenvalue weighted by molar-refractivity contribution is 0.100. The van der Waals surface area contributed by atoms with Gasteiger partial charge in [-0.05, 0) is 31.7 Å². The minimum Gasteiger partial charge on any atom is -0.491 e. The zero-order chi connectivity index (χ0) is 13.5. The average Bonchev–Trinajstić information content (AvgIpc) is 2.46. The smallest absolute Gasteiger partial charge is 0.123 e. The quantitative estimate of drug-likeness (QED) is 0.487. The average molecular weight is 263 g/mol. The Hall–Kier alpha value is -1.55. The molecule has 0 saturated carbocycles. The molecule has 0 spiro atoms. The molecule has 1 aromatic rings. The van der Waals surface area contributed by atoms with E-state index < -0.39 is 0 Å². The van der Waals surface area contributed by atoms with Crippen LogP contribution in [0.4, 0.5) is 0 Å². The fourth-order valence-electron chi connectivity index (χ4n) is 2.36. The summed E-state index contributed by atoms with van der Waals surface area (Å²) in [5.41, 5.74) is 2.92. The van der Waals surface area contributed by atoms with Crippen LogP contribution < -0.4 is 4.74 Å². The Morgan fingerprint density at radius 3 is 2.89 bits per heavy atom. The molecule has 0 aromatic heterocycles. The highest BCUT2D eigenvalue weighted by Gasteiger charge is 2.19. The van der Waals surface area contributed by atoms with Gasteiger partial charge in [0.2, 0.25) is 0 Å². The third-order valence-electron chi connectivity index (χ3n) is 3.24. The van der Waals surface area contributed by atoms with Crippen molar-refractivity contribution in [3.63, 3.8) is 0 Å². The molecular formula is C15H21NO3. The van der Waals surface area contributed by atoms with E-state index in [-0.39, 0.29) is 0 Å². The Morgan fingerprint density at radius 1 is 1.21 bits per heavy atom. The summed E-state index contributed by atoms with van der Waals surface area (Å²) in [5, 5.41) is 12.4. The molecule has 4 nitrogen and oxygen atoms in total. The number of hydrogen-bond acceptors (Lipinski definition) is 4. The number of oxime groups is 1. The van der Waals surface area contributed by atoms with E-state index in [1.807, 2.05) is 18.2 Å². The number of rotatable bonds is 6. The van der Waals surface area contributed by atoms with Gasteiger partial charge in [-0.2, -0.15) is 0 Å². The number of hydrogen-bond donors (Lipinski definition) is 1. The van der Waals surface area contributed by atoms with E-state index in [4.69, 9.17) is 14.7 Å². The summed E-state index contributed by atoms with van der Waals surface area (Å²) >= 11 is 0. The van der Waals surface area contributed by atoms with Crippen LogP contribution in [0.15, 0.2) is 23.4 Å². The molecule has 1 aliphatic carbocycles. The van der Waals surface area contributed by atoms with Crippen molar-refractivity contribution in [1.29, 1.82) is 0 Å². The molecule has 0 unspecified atom stereocenters. The third-order valence-corrected chi connectivity index (χ3v) is 3.24. The summed E-state index contributed by atoms with van der Waals surface area (Å²) in [4.78, 5) is 0. The molecule has 1 aromatic carbocycles. The van der Waals surface area contributed by atoms with Crippen LogP contribution in [0.25, 0.3) is 0 Å². The first-order valence-corrected chi connectivity index (χ1v) is 6.90. The lowest BCUT2D eigenvalue weighted by Gasteiger charge is -2.20. The van der Waals surface area contributed by atoms with Crippen molar-refractivity contribution >= 4 is 5.71 Å². The van der Waals surface area contributed by atoms with Gasteiger partial charge in [0.1, 0.15) is 12.4 Å². The van der Waals surface area contributed by atoms with Crippen molar-refractivity contribution in [3.05, 3.63) is 29.3 Å². The highest BCUT2D eigenvalue weighted by atomic mass is 16.5. The Labute approximate surface area is 114 Å². The van der Waals surface area contributed by atoms with Crippen molar-refractivity contribution in [2.24, 2.45) is 5.16 Å². The van der Waals surface area contributed by atoms with Crippen LogP contribution in [-0.2, 0) is 11.2 Å². The molecule has 1 N–H and O–H groups in total. The van der Waals surface area contributed by atoms with E-state index in [1.165, 1.54) is 0 Å². The van der Waals surface area contributed by atoms with Gasteiger partial charge >= 0.3 is 0 Å². The van der Waals surface area contributed by atoms with E-state index in [0.717, 1.165) is 54.9 Å². The van der Waals surface area contributed by atoms with E-state index in [9.17, 15) is 0 Å². The maximum absolute atomic E-state index is 9.03. The second-order valence-electron chi connectivity index (χ2n) is 4.64. The molecule has 0 fully saturated rings. The summed E-state index contributed by atoms with van der Waals surface area (Å²) in [6.07, 6.45) is 3.82. The molecule has 19 heavy (non-hydrogen) atoms. The van der Waals surface area contributed by atoms with Crippen LogP contribution in [0.5, 0.6) is 5.75 Å². The first-order chi connectivity index (χ1) is 9.36. The summed E-state index contributed by atoms with van der Waals surface area (Å²) < 4.78 is 11.2. The molecule has 0 saturated heterocycles. The van der Waals surface area contributed by atoms with Crippen LogP contribution in [-0.4, -0.2) is 30.7 Å². The summed E-state index contributed by atoms with van der Waals surface area (Å²) in [7, 11) is 0. The fraction of sp³-hybridized carbons (Fsp3) is 0.533. The summed E-state index contributed by atoms with van der Waals surface area (Å²) in [5.74, 6) is 0.887. The first-order valence-electron chi connectivity index (χ1n) is 6.90. The number of nitrogens with zero attached hydrogens (tertiary/aromatic N) is 1. The van der Waals surface area contributed by atoms with Gasteiger partial charge in [0.05, 0.1) is 12.3 Å². The van der Waals surface area contributed by atoms with Gasteiger partial charge in [-0.3, -0.25) is 0 Å². The van der Waals surface area contributed by atoms with Gasteiger partial charge in [-0.15, -0.1) is 0 Å². The Kier molecular flexibility index (Phi) is 5.21. The van der Waals surface area contributed by atoms with Crippen molar-refractivity contribution in [1.82, 2.24) is 0 Å². The van der Waals surface area contributed by atoms with Crippen LogP contribution in [0.1, 0.15) is 37.3 Å². The second kappa shape index (κ2) is 7.14. The first kappa shape index (κ1) is 13.9. The van der Waals surface area contributed by atoms with E-state index >= 15 is 0 Å². The molecule has 2 rings (SSSR count). The Morgan fingerprint density at radius 2 is 2.11 bits per heavy atom. The van der Waals surface area contributed by atoms with E-state index in [2.05, 4.69) is 12.1 Å². The van der Waals surface area contributed by atoms with Crippen molar-refractivity contribution < 1.29 is 14.7 Å². The topological polar surface area (TPSA) is 51.0 Å². The van der Waals surface area contributed by atoms with Gasteiger partial charge in [-0.1, -0.05) is 24.2 Å². The predicted molar refractivity (Wildman–Crippen MR) is 74.3 cm³/mol. The maximum atomic E-state index is 9.03. The van der Waals surface area contributed by atoms with Crippen LogP contribution in [0.3, 0.4) is 0 Å². The molecule has 0 amide bonds. The highest BCUT2D eigenvalue weighted by molar-refractivity contribution is 6.02. The van der Waals surface area contributed by atoms with Crippen LogP contribution in [0.2, 0.25) is 0 Å². The lowest BCUT2D eigenvalue weighted by Crippen LogP contribution is -2.15. The standard InChI is InChI=1S/C15H21NO3/c1-2-9-18-10-11-19-15-8-4-5-12-13(15)6-3-7-14(12)16-17/h4-5,8,17H,2-3,6-7,9-11H2,1H3/b16-14+. The zero-order valence-corrected chi connectivity index (χ0v) is 11.4. The summed E-state index contributed by atoms with van der Waals surface area (Å²) in [6.45, 7) is 4.03. The van der Waals surface area contributed by atoms with Crippen molar-refractivity contribution in [3.8, 4) is 5.75 Å². The van der Waals surface area contributed by atoms with Gasteiger partial charge < -0.3 is 14.7 Å². The fourth-order valence-corrected chi connectivity index (χ4v) is 2.36. The van der Waals surface area contributed by atoms with Crippen molar-refractivity contribution in [2.75, 3.05) is 19.8 Å². The molecule has 1 aliphatic rings. The van der Waals surface area contributed by atoms with Gasteiger partial charge in [0, 0.05) is 17.7 Å². The number of fused-ring (bicyclic) bond motifs is 1. The molecule has 4 heteroatoms. The van der Waals surface area contributed by atoms with E-state index in [0.29, 0.717) is 13.2 Å². The molecular weight excluding hydrogens is 242 g/mol. The van der Waals surface area contributed by atoms with Crippen LogP contribution >= 0.6 is 0 Å². The molecule has 0 aliphatic heterocycles. The Bertz CT molecular complexity index is 443. The minimum absolute atomic E-state index is 0.558. The molecule has 0 atom stereocenters. The van der Waals surface area contributed by atoms with Gasteiger partial charge in [0.15, 0.2) is 0 Å². The molecule has 0 bridgehead atoms.